The molecule has 3 aliphatic rings. The summed E-state index contributed by atoms with van der Waals surface area (Å²) < 4.78 is 0. The van der Waals surface area contributed by atoms with Crippen molar-refractivity contribution in [1.82, 2.24) is 4.90 Å². The van der Waals surface area contributed by atoms with Gasteiger partial charge in [-0.1, -0.05) is 0 Å². The molecule has 6 nitrogen and oxygen atoms in total. The molecule has 2 atom stereocenters. The lowest BCUT2D eigenvalue weighted by atomic mass is 10.1. The third-order valence-corrected chi connectivity index (χ3v) is 7.75. The molecule has 0 radical (unpaired) electrons. The molecule has 0 spiro atoms. The Bertz CT molecular complexity index is 1140. The summed E-state index contributed by atoms with van der Waals surface area (Å²) in [7, 11) is 0. The van der Waals surface area contributed by atoms with Gasteiger partial charge in [0.1, 0.15) is 0 Å². The summed E-state index contributed by atoms with van der Waals surface area (Å²) in [5, 5.41) is 3.05. The monoisotopic (exact) mass is 472 g/mol. The molecule has 5 rings (SSSR count). The van der Waals surface area contributed by atoms with E-state index in [-0.39, 0.29) is 11.8 Å². The van der Waals surface area contributed by atoms with Gasteiger partial charge in [-0.2, -0.15) is 0 Å². The van der Waals surface area contributed by atoms with Crippen LogP contribution in [0.2, 0.25) is 0 Å². The van der Waals surface area contributed by atoms with E-state index in [9.17, 15) is 9.59 Å². The van der Waals surface area contributed by atoms with Gasteiger partial charge >= 0.3 is 0 Å². The second-order valence-corrected chi connectivity index (χ2v) is 10.5. The number of anilines is 3. The van der Waals surface area contributed by atoms with E-state index >= 15 is 0 Å². The van der Waals surface area contributed by atoms with Crippen LogP contribution in [0.1, 0.15) is 55.5 Å². The van der Waals surface area contributed by atoms with Crippen molar-refractivity contribution in [2.75, 3.05) is 41.3 Å². The maximum absolute atomic E-state index is 12.9. The zero-order valence-corrected chi connectivity index (χ0v) is 21.1. The first-order valence-electron chi connectivity index (χ1n) is 12.9. The molecule has 2 aromatic rings. The van der Waals surface area contributed by atoms with E-state index in [2.05, 4.69) is 41.1 Å². The molecule has 2 saturated heterocycles. The van der Waals surface area contributed by atoms with Crippen molar-refractivity contribution < 1.29 is 9.59 Å². The molecule has 6 heteroatoms. The first-order chi connectivity index (χ1) is 16.9. The minimum atomic E-state index is -0.146. The zero-order valence-electron chi connectivity index (χ0n) is 21.1. The fraction of sp³-hybridized carbons (Fsp3) is 0.448. The molecule has 2 aromatic carbocycles. The van der Waals surface area contributed by atoms with E-state index in [1.807, 2.05) is 31.3 Å². The Morgan fingerprint density at radius 1 is 1.03 bits per heavy atom. The summed E-state index contributed by atoms with van der Waals surface area (Å²) in [5.41, 5.74) is 5.53. The van der Waals surface area contributed by atoms with Crippen molar-refractivity contribution >= 4 is 28.9 Å². The second-order valence-electron chi connectivity index (χ2n) is 10.5. The van der Waals surface area contributed by atoms with Gasteiger partial charge in [0.15, 0.2) is 0 Å². The van der Waals surface area contributed by atoms with Gasteiger partial charge in [0.05, 0.1) is 0 Å². The Morgan fingerprint density at radius 3 is 2.46 bits per heavy atom. The lowest BCUT2D eigenvalue weighted by Gasteiger charge is -2.25. The number of nitrogens with zero attached hydrogens (tertiary/aromatic N) is 3. The average Bonchev–Trinajstić information content (AvgIpc) is 3.56. The number of carbonyl (C=O) groups excluding carboxylic acids is 2. The van der Waals surface area contributed by atoms with Gasteiger partial charge in [-0.3, -0.25) is 14.5 Å². The molecule has 2 amide bonds. The van der Waals surface area contributed by atoms with Crippen molar-refractivity contribution in [2.45, 2.75) is 52.5 Å². The Labute approximate surface area is 208 Å². The smallest absolute Gasteiger partial charge is 0.255 e. The van der Waals surface area contributed by atoms with Crippen LogP contribution in [0, 0.1) is 12.8 Å². The normalized spacial score (nSPS) is 22.7. The van der Waals surface area contributed by atoms with Crippen LogP contribution in [0.5, 0.6) is 0 Å². The lowest BCUT2D eigenvalue weighted by molar-refractivity contribution is -0.116. The van der Waals surface area contributed by atoms with Gasteiger partial charge in [0.25, 0.3) is 5.91 Å². The van der Waals surface area contributed by atoms with Crippen molar-refractivity contribution in [2.24, 2.45) is 5.92 Å². The van der Waals surface area contributed by atoms with Crippen molar-refractivity contribution in [3.63, 3.8) is 0 Å². The first kappa shape index (κ1) is 23.6. The van der Waals surface area contributed by atoms with Gasteiger partial charge in [-0.15, -0.1) is 0 Å². The number of rotatable bonds is 6. The van der Waals surface area contributed by atoms with Gasteiger partial charge in [-0.25, -0.2) is 0 Å². The summed E-state index contributed by atoms with van der Waals surface area (Å²) in [6.07, 6.45) is 6.23. The Balaban J connectivity index is 1.19. The van der Waals surface area contributed by atoms with Crippen LogP contribution in [0.3, 0.4) is 0 Å². The zero-order chi connectivity index (χ0) is 24.5. The number of amides is 2. The highest BCUT2D eigenvalue weighted by Gasteiger charge is 2.28. The summed E-state index contributed by atoms with van der Waals surface area (Å²) in [5.74, 6) is 0.645. The maximum Gasteiger partial charge on any atom is 0.255 e. The molecule has 35 heavy (non-hydrogen) atoms. The predicted molar refractivity (Wildman–Crippen MR) is 142 cm³/mol. The standard InChI is InChI=1S/C29H36N4O2/c1-20-15-28(34)33(17-20)25-8-6-24(7-9-25)29(35)30-27-11-10-26(16-21(27)2)32-14-12-23(19-32)18-31-13-4-5-22(31)3/h6-11,16-17,22-23H,4-5,12-15,18-19H2,1-3H3,(H,30,35). The number of aryl methyl sites for hydroxylation is 1. The van der Waals surface area contributed by atoms with Gasteiger partial charge in [-0.05, 0) is 106 Å². The molecule has 0 aliphatic carbocycles. The van der Waals surface area contributed by atoms with E-state index in [1.54, 1.807) is 17.0 Å². The predicted octanol–water partition coefficient (Wildman–Crippen LogP) is 5.20. The van der Waals surface area contributed by atoms with E-state index in [1.165, 1.54) is 38.0 Å². The molecule has 1 N–H and O–H groups in total. The summed E-state index contributed by atoms with van der Waals surface area (Å²) >= 11 is 0. The van der Waals surface area contributed by atoms with Crippen molar-refractivity contribution in [1.29, 1.82) is 0 Å². The highest BCUT2D eigenvalue weighted by atomic mass is 16.2. The molecule has 0 aromatic heterocycles. The average molecular weight is 473 g/mol. The fourth-order valence-corrected chi connectivity index (χ4v) is 5.64. The SMILES string of the molecule is CC1=CN(c2ccc(C(=O)Nc3ccc(N4CCC(CN5CCCC5C)C4)cc3C)cc2)C(=O)C1. The van der Waals surface area contributed by atoms with Crippen molar-refractivity contribution in [3.8, 4) is 0 Å². The van der Waals surface area contributed by atoms with Crippen LogP contribution in [0.25, 0.3) is 0 Å². The summed E-state index contributed by atoms with van der Waals surface area (Å²) in [6.45, 7) is 11.0. The Kier molecular flexibility index (Phi) is 6.65. The number of hydrogen-bond acceptors (Lipinski definition) is 4. The molecule has 2 unspecified atom stereocenters. The number of likely N-dealkylation sites (tertiary alicyclic amines) is 1. The molecular formula is C29H36N4O2. The van der Waals surface area contributed by atoms with Gasteiger partial charge < -0.3 is 15.1 Å². The van der Waals surface area contributed by atoms with Crippen LogP contribution in [-0.2, 0) is 4.79 Å². The largest absolute Gasteiger partial charge is 0.371 e. The van der Waals surface area contributed by atoms with E-state index in [0.717, 1.165) is 47.6 Å². The highest BCUT2D eigenvalue weighted by molar-refractivity contribution is 6.05. The Morgan fingerprint density at radius 2 is 1.80 bits per heavy atom. The number of hydrogen-bond donors (Lipinski definition) is 1. The number of benzene rings is 2. The summed E-state index contributed by atoms with van der Waals surface area (Å²) in [4.78, 5) is 31.8. The first-order valence-corrected chi connectivity index (χ1v) is 12.9. The van der Waals surface area contributed by atoms with Crippen LogP contribution < -0.4 is 15.1 Å². The van der Waals surface area contributed by atoms with Gasteiger partial charge in [0, 0.05) is 60.9 Å². The third-order valence-electron chi connectivity index (χ3n) is 7.75. The fourth-order valence-electron chi connectivity index (χ4n) is 5.64. The van der Waals surface area contributed by atoms with E-state index in [0.29, 0.717) is 12.0 Å². The van der Waals surface area contributed by atoms with Crippen LogP contribution >= 0.6 is 0 Å². The summed E-state index contributed by atoms with van der Waals surface area (Å²) in [6, 6.07) is 14.3. The van der Waals surface area contributed by atoms with E-state index in [4.69, 9.17) is 0 Å². The highest BCUT2D eigenvalue weighted by Crippen LogP contribution is 2.30. The topological polar surface area (TPSA) is 55.9 Å². The molecule has 2 fully saturated rings. The van der Waals surface area contributed by atoms with Crippen LogP contribution in [0.4, 0.5) is 17.1 Å². The lowest BCUT2D eigenvalue weighted by Crippen LogP contribution is -2.33. The van der Waals surface area contributed by atoms with E-state index < -0.39 is 0 Å². The Hall–Kier alpha value is -3.12. The quantitative estimate of drug-likeness (QED) is 0.628. The molecular weight excluding hydrogens is 436 g/mol. The third kappa shape index (κ3) is 5.13. The molecule has 0 bridgehead atoms. The van der Waals surface area contributed by atoms with Crippen LogP contribution in [-0.4, -0.2) is 48.9 Å². The minimum Gasteiger partial charge on any atom is -0.371 e. The molecule has 184 valence electrons. The molecule has 3 heterocycles. The molecule has 0 saturated carbocycles. The maximum atomic E-state index is 12.9. The van der Waals surface area contributed by atoms with Crippen LogP contribution in [0.15, 0.2) is 54.2 Å². The molecule has 3 aliphatic heterocycles. The van der Waals surface area contributed by atoms with Crippen molar-refractivity contribution in [3.05, 3.63) is 65.4 Å². The second kappa shape index (κ2) is 9.86. The number of nitrogens with one attached hydrogen (secondary N) is 1. The number of carbonyl (C=O) groups is 2. The minimum absolute atomic E-state index is 0.0605. The van der Waals surface area contributed by atoms with Gasteiger partial charge in [0.2, 0.25) is 5.91 Å².